The molecule has 1 saturated heterocycles. The van der Waals surface area contributed by atoms with Crippen LogP contribution >= 0.6 is 0 Å². The molecule has 3 aromatic rings. The third-order valence-electron chi connectivity index (χ3n) is 6.10. The molecule has 27 heavy (non-hydrogen) atoms. The molecular formula is C26H29N. The zero-order valence-corrected chi connectivity index (χ0v) is 16.6. The monoisotopic (exact) mass is 355 g/mol. The van der Waals surface area contributed by atoms with Gasteiger partial charge in [0.1, 0.15) is 0 Å². The molecule has 0 bridgehead atoms. The van der Waals surface area contributed by atoms with Crippen LogP contribution in [0.3, 0.4) is 0 Å². The number of aryl methyl sites for hydroxylation is 3. The second-order valence-corrected chi connectivity index (χ2v) is 8.06. The van der Waals surface area contributed by atoms with E-state index < -0.39 is 0 Å². The Balaban J connectivity index is 2.02. The van der Waals surface area contributed by atoms with Crippen molar-refractivity contribution in [2.75, 3.05) is 6.54 Å². The molecule has 0 amide bonds. The van der Waals surface area contributed by atoms with Crippen LogP contribution in [0.25, 0.3) is 0 Å². The summed E-state index contributed by atoms with van der Waals surface area (Å²) in [5, 5.41) is 3.84. The Hall–Kier alpha value is -2.38. The Morgan fingerprint density at radius 3 is 1.30 bits per heavy atom. The van der Waals surface area contributed by atoms with E-state index in [1.54, 1.807) is 0 Å². The van der Waals surface area contributed by atoms with E-state index in [2.05, 4.69) is 98.9 Å². The van der Waals surface area contributed by atoms with E-state index in [0.29, 0.717) is 6.04 Å². The highest BCUT2D eigenvalue weighted by Crippen LogP contribution is 2.45. The Bertz CT molecular complexity index is 772. The van der Waals surface area contributed by atoms with Crippen LogP contribution in [-0.2, 0) is 5.41 Å². The van der Waals surface area contributed by atoms with Crippen molar-refractivity contribution in [3.63, 3.8) is 0 Å². The van der Waals surface area contributed by atoms with Crippen LogP contribution in [0.5, 0.6) is 0 Å². The minimum absolute atomic E-state index is 0.175. The van der Waals surface area contributed by atoms with Gasteiger partial charge in [0.15, 0.2) is 0 Å². The summed E-state index contributed by atoms with van der Waals surface area (Å²) in [6, 6.07) is 27.9. The summed E-state index contributed by atoms with van der Waals surface area (Å²) in [4.78, 5) is 0. The largest absolute Gasteiger partial charge is 0.312 e. The summed E-state index contributed by atoms with van der Waals surface area (Å²) in [6.45, 7) is 7.58. The number of nitrogens with one attached hydrogen (secondary N) is 1. The molecule has 0 saturated carbocycles. The molecule has 1 fully saturated rings. The SMILES string of the molecule is Cc1ccc(C(c2ccc(C)cc2)(c2ccc(C)cc2)[C@H]2CCCN2)cc1. The second kappa shape index (κ2) is 7.32. The fourth-order valence-corrected chi connectivity index (χ4v) is 4.61. The van der Waals surface area contributed by atoms with Gasteiger partial charge in [0.05, 0.1) is 5.41 Å². The molecule has 1 heteroatoms. The summed E-state index contributed by atoms with van der Waals surface area (Å²) >= 11 is 0. The van der Waals surface area contributed by atoms with Crippen molar-refractivity contribution in [3.05, 3.63) is 106 Å². The van der Waals surface area contributed by atoms with Crippen LogP contribution in [-0.4, -0.2) is 12.6 Å². The lowest BCUT2D eigenvalue weighted by atomic mass is 9.64. The minimum atomic E-state index is -0.175. The molecule has 4 rings (SSSR count). The lowest BCUT2D eigenvalue weighted by Gasteiger charge is -2.41. The molecular weight excluding hydrogens is 326 g/mol. The first-order valence-corrected chi connectivity index (χ1v) is 10.1. The first-order chi connectivity index (χ1) is 13.1. The second-order valence-electron chi connectivity index (χ2n) is 8.06. The van der Waals surface area contributed by atoms with Crippen molar-refractivity contribution >= 4 is 0 Å². The van der Waals surface area contributed by atoms with Gasteiger partial charge in [-0.25, -0.2) is 0 Å². The summed E-state index contributed by atoms with van der Waals surface area (Å²) < 4.78 is 0. The van der Waals surface area contributed by atoms with Gasteiger partial charge in [-0.15, -0.1) is 0 Å². The quantitative estimate of drug-likeness (QED) is 0.592. The van der Waals surface area contributed by atoms with E-state index in [-0.39, 0.29) is 5.41 Å². The van der Waals surface area contributed by atoms with Gasteiger partial charge >= 0.3 is 0 Å². The molecule has 138 valence electrons. The molecule has 1 atom stereocenters. The summed E-state index contributed by atoms with van der Waals surface area (Å²) in [5.74, 6) is 0. The summed E-state index contributed by atoms with van der Waals surface area (Å²) in [5.41, 5.74) is 7.87. The van der Waals surface area contributed by atoms with Gasteiger partial charge in [0.2, 0.25) is 0 Å². The third kappa shape index (κ3) is 3.21. The molecule has 0 radical (unpaired) electrons. The molecule has 1 nitrogen and oxygen atoms in total. The molecule has 1 heterocycles. The predicted octanol–water partition coefficient (Wildman–Crippen LogP) is 5.70. The van der Waals surface area contributed by atoms with E-state index in [1.807, 2.05) is 0 Å². The predicted molar refractivity (Wildman–Crippen MR) is 114 cm³/mol. The molecule has 0 unspecified atom stereocenters. The Labute approximate surface area is 163 Å². The first-order valence-electron chi connectivity index (χ1n) is 10.1. The third-order valence-corrected chi connectivity index (χ3v) is 6.10. The van der Waals surface area contributed by atoms with Crippen molar-refractivity contribution in [3.8, 4) is 0 Å². The fourth-order valence-electron chi connectivity index (χ4n) is 4.61. The van der Waals surface area contributed by atoms with Crippen molar-refractivity contribution in [1.82, 2.24) is 5.32 Å². The minimum Gasteiger partial charge on any atom is -0.312 e. The number of hydrogen-bond donors (Lipinski definition) is 1. The molecule has 0 spiro atoms. The van der Waals surface area contributed by atoms with Gasteiger partial charge < -0.3 is 5.32 Å². The lowest BCUT2D eigenvalue weighted by Crippen LogP contribution is -2.47. The smallest absolute Gasteiger partial charge is 0.0604 e. The van der Waals surface area contributed by atoms with Crippen LogP contribution in [0.1, 0.15) is 46.2 Å². The molecule has 0 aromatic heterocycles. The van der Waals surface area contributed by atoms with Crippen LogP contribution in [0, 0.1) is 20.8 Å². The van der Waals surface area contributed by atoms with E-state index in [4.69, 9.17) is 0 Å². The zero-order chi connectivity index (χ0) is 18.9. The average Bonchev–Trinajstić information content (AvgIpc) is 3.21. The highest BCUT2D eigenvalue weighted by Gasteiger charge is 2.44. The van der Waals surface area contributed by atoms with Gasteiger partial charge in [0, 0.05) is 6.04 Å². The standard InChI is InChI=1S/C26H29N/c1-19-6-12-22(13-7-19)26(25-5-4-18-27-25,23-14-8-20(2)9-15-23)24-16-10-21(3)11-17-24/h6-17,25,27H,4-5,18H2,1-3H3/t25-/m1/s1. The Morgan fingerprint density at radius 2 is 1.00 bits per heavy atom. The normalized spacial score (nSPS) is 17.2. The Morgan fingerprint density at radius 1 is 0.630 bits per heavy atom. The van der Waals surface area contributed by atoms with E-state index >= 15 is 0 Å². The maximum atomic E-state index is 3.84. The first kappa shape index (κ1) is 18.0. The van der Waals surface area contributed by atoms with Crippen molar-refractivity contribution in [2.45, 2.75) is 45.1 Å². The summed E-state index contributed by atoms with van der Waals surface area (Å²) in [7, 11) is 0. The zero-order valence-electron chi connectivity index (χ0n) is 16.6. The number of hydrogen-bond acceptors (Lipinski definition) is 1. The van der Waals surface area contributed by atoms with E-state index in [1.165, 1.54) is 46.2 Å². The van der Waals surface area contributed by atoms with Crippen LogP contribution in [0.15, 0.2) is 72.8 Å². The lowest BCUT2D eigenvalue weighted by molar-refractivity contribution is 0.435. The van der Waals surface area contributed by atoms with E-state index in [9.17, 15) is 0 Å². The molecule has 1 aliphatic heterocycles. The number of rotatable bonds is 4. The highest BCUT2D eigenvalue weighted by molar-refractivity contribution is 5.54. The van der Waals surface area contributed by atoms with Crippen molar-refractivity contribution in [1.29, 1.82) is 0 Å². The summed E-state index contributed by atoms with van der Waals surface area (Å²) in [6.07, 6.45) is 2.42. The highest BCUT2D eigenvalue weighted by atomic mass is 15.0. The van der Waals surface area contributed by atoms with Gasteiger partial charge in [0.25, 0.3) is 0 Å². The molecule has 0 aliphatic carbocycles. The van der Waals surface area contributed by atoms with Crippen LogP contribution < -0.4 is 5.32 Å². The molecule has 1 N–H and O–H groups in total. The van der Waals surface area contributed by atoms with Crippen molar-refractivity contribution < 1.29 is 0 Å². The van der Waals surface area contributed by atoms with Gasteiger partial charge in [-0.05, 0) is 56.8 Å². The van der Waals surface area contributed by atoms with Gasteiger partial charge in [-0.3, -0.25) is 0 Å². The maximum absolute atomic E-state index is 3.84. The van der Waals surface area contributed by atoms with E-state index in [0.717, 1.165) is 6.54 Å². The Kier molecular flexibility index (Phi) is 4.88. The fraction of sp³-hybridized carbons (Fsp3) is 0.308. The van der Waals surface area contributed by atoms with Gasteiger partial charge in [-0.2, -0.15) is 0 Å². The van der Waals surface area contributed by atoms with Crippen molar-refractivity contribution in [2.24, 2.45) is 0 Å². The number of benzene rings is 3. The average molecular weight is 356 g/mol. The van der Waals surface area contributed by atoms with Crippen LogP contribution in [0.4, 0.5) is 0 Å². The molecule has 3 aromatic carbocycles. The maximum Gasteiger partial charge on any atom is 0.0604 e. The van der Waals surface area contributed by atoms with Crippen LogP contribution in [0.2, 0.25) is 0 Å². The molecule has 1 aliphatic rings. The van der Waals surface area contributed by atoms with Gasteiger partial charge in [-0.1, -0.05) is 89.5 Å². The topological polar surface area (TPSA) is 12.0 Å².